The summed E-state index contributed by atoms with van der Waals surface area (Å²) in [5.74, 6) is 0.654. The number of carbonyl (C=O) groups is 1. The van der Waals surface area contributed by atoms with Gasteiger partial charge >= 0.3 is 0 Å². The van der Waals surface area contributed by atoms with Crippen LogP contribution >= 0.6 is 0 Å². The Hall–Kier alpha value is -2.04. The number of guanidine groups is 1. The quantitative estimate of drug-likeness (QED) is 0.475. The molecule has 0 spiro atoms. The number of hydrogen-bond acceptors (Lipinski definition) is 2. The molecule has 2 rings (SSSR count). The number of fused-ring (bicyclic) bond motifs is 1. The van der Waals surface area contributed by atoms with Crippen LogP contribution in [0, 0.1) is 0 Å². The minimum Gasteiger partial charge on any atom is -0.370 e. The number of aliphatic imine (C=N–C) groups is 1. The first-order chi connectivity index (χ1) is 10.2. The lowest BCUT2D eigenvalue weighted by atomic mass is 10.2. The van der Waals surface area contributed by atoms with Crippen molar-refractivity contribution in [1.29, 1.82) is 0 Å². The van der Waals surface area contributed by atoms with Crippen LogP contribution in [0.2, 0.25) is 0 Å². The molecule has 0 aliphatic carbocycles. The van der Waals surface area contributed by atoms with Gasteiger partial charge in [-0.3, -0.25) is 9.79 Å². The van der Waals surface area contributed by atoms with E-state index in [0.29, 0.717) is 18.9 Å². The summed E-state index contributed by atoms with van der Waals surface area (Å²) in [6, 6.07) is 8.12. The number of amides is 1. The molecule has 5 heteroatoms. The summed E-state index contributed by atoms with van der Waals surface area (Å²) >= 11 is 0. The zero-order valence-electron chi connectivity index (χ0n) is 12.6. The van der Waals surface area contributed by atoms with Crippen LogP contribution in [0.4, 0.5) is 5.69 Å². The fraction of sp³-hybridized carbons (Fsp3) is 0.500. The Morgan fingerprint density at radius 3 is 3.05 bits per heavy atom. The number of para-hydroxylation sites is 1. The second kappa shape index (κ2) is 7.67. The lowest BCUT2D eigenvalue weighted by Crippen LogP contribution is -2.34. The second-order valence-electron chi connectivity index (χ2n) is 5.22. The maximum absolute atomic E-state index is 12.3. The monoisotopic (exact) mass is 288 g/mol. The zero-order chi connectivity index (χ0) is 15.1. The van der Waals surface area contributed by atoms with Gasteiger partial charge in [-0.2, -0.15) is 0 Å². The molecule has 0 fully saturated rings. The van der Waals surface area contributed by atoms with Crippen molar-refractivity contribution in [2.75, 3.05) is 24.5 Å². The highest BCUT2D eigenvalue weighted by Crippen LogP contribution is 2.27. The lowest BCUT2D eigenvalue weighted by Gasteiger charge is -2.17. The summed E-state index contributed by atoms with van der Waals surface area (Å²) in [5.41, 5.74) is 8.04. The van der Waals surface area contributed by atoms with Crippen LogP contribution in [0.25, 0.3) is 0 Å². The topological polar surface area (TPSA) is 70.7 Å². The van der Waals surface area contributed by atoms with Gasteiger partial charge in [0.25, 0.3) is 0 Å². The fourth-order valence-electron chi connectivity index (χ4n) is 2.48. The van der Waals surface area contributed by atoms with Gasteiger partial charge in [-0.15, -0.1) is 0 Å². The Kier molecular flexibility index (Phi) is 5.60. The molecule has 1 aliphatic heterocycles. The van der Waals surface area contributed by atoms with Gasteiger partial charge in [0.15, 0.2) is 5.96 Å². The van der Waals surface area contributed by atoms with Crippen molar-refractivity contribution >= 4 is 17.6 Å². The third-order valence-corrected chi connectivity index (χ3v) is 3.57. The third-order valence-electron chi connectivity index (χ3n) is 3.57. The normalized spacial score (nSPS) is 14.1. The summed E-state index contributed by atoms with van der Waals surface area (Å²) in [4.78, 5) is 18.3. The largest absolute Gasteiger partial charge is 0.370 e. The van der Waals surface area contributed by atoms with Crippen LogP contribution < -0.4 is 16.0 Å². The average molecular weight is 288 g/mol. The first-order valence-corrected chi connectivity index (χ1v) is 7.64. The van der Waals surface area contributed by atoms with E-state index in [-0.39, 0.29) is 5.91 Å². The van der Waals surface area contributed by atoms with E-state index in [0.717, 1.165) is 38.0 Å². The predicted molar refractivity (Wildman–Crippen MR) is 86.5 cm³/mol. The Morgan fingerprint density at radius 2 is 2.24 bits per heavy atom. The van der Waals surface area contributed by atoms with Crippen LogP contribution in [0.1, 0.15) is 31.7 Å². The number of rotatable bonds is 6. The molecule has 21 heavy (non-hydrogen) atoms. The maximum Gasteiger partial charge on any atom is 0.227 e. The van der Waals surface area contributed by atoms with Crippen LogP contribution in [0.3, 0.4) is 0 Å². The Morgan fingerprint density at radius 1 is 1.43 bits per heavy atom. The number of nitrogens with two attached hydrogens (primary N) is 1. The van der Waals surface area contributed by atoms with Crippen molar-refractivity contribution in [1.82, 2.24) is 5.32 Å². The highest BCUT2D eigenvalue weighted by atomic mass is 16.2. The molecule has 0 radical (unpaired) electrons. The van der Waals surface area contributed by atoms with Gasteiger partial charge in [0.1, 0.15) is 0 Å². The number of anilines is 1. The van der Waals surface area contributed by atoms with Crippen molar-refractivity contribution in [2.45, 2.75) is 32.6 Å². The predicted octanol–water partition coefficient (Wildman–Crippen LogP) is 1.67. The summed E-state index contributed by atoms with van der Waals surface area (Å²) in [7, 11) is 0. The molecule has 1 aromatic carbocycles. The number of nitrogens with one attached hydrogen (secondary N) is 1. The SMILES string of the molecule is CCCN=C(N)NCCCC(=O)N1CCc2ccccc21. The first kappa shape index (κ1) is 15.4. The van der Waals surface area contributed by atoms with Crippen LogP contribution in [0.5, 0.6) is 0 Å². The van der Waals surface area contributed by atoms with E-state index in [2.05, 4.69) is 23.3 Å². The van der Waals surface area contributed by atoms with Crippen LogP contribution in [-0.4, -0.2) is 31.5 Å². The van der Waals surface area contributed by atoms with E-state index in [1.54, 1.807) is 0 Å². The average Bonchev–Trinajstić information content (AvgIpc) is 2.93. The van der Waals surface area contributed by atoms with Gasteiger partial charge in [-0.1, -0.05) is 25.1 Å². The molecule has 1 heterocycles. The zero-order valence-corrected chi connectivity index (χ0v) is 12.6. The van der Waals surface area contributed by atoms with Gasteiger partial charge in [0, 0.05) is 31.7 Å². The first-order valence-electron chi connectivity index (χ1n) is 7.64. The molecule has 0 aromatic heterocycles. The fourth-order valence-corrected chi connectivity index (χ4v) is 2.48. The Bertz CT molecular complexity index is 513. The number of hydrogen-bond donors (Lipinski definition) is 2. The van der Waals surface area contributed by atoms with Crippen molar-refractivity contribution in [3.8, 4) is 0 Å². The van der Waals surface area contributed by atoms with Crippen molar-refractivity contribution in [3.63, 3.8) is 0 Å². The molecule has 1 aliphatic rings. The summed E-state index contributed by atoms with van der Waals surface area (Å²) < 4.78 is 0. The van der Waals surface area contributed by atoms with E-state index in [1.165, 1.54) is 5.56 Å². The van der Waals surface area contributed by atoms with Gasteiger partial charge < -0.3 is 16.0 Å². The lowest BCUT2D eigenvalue weighted by molar-refractivity contribution is -0.118. The van der Waals surface area contributed by atoms with E-state index < -0.39 is 0 Å². The Balaban J connectivity index is 1.74. The molecular weight excluding hydrogens is 264 g/mol. The summed E-state index contributed by atoms with van der Waals surface area (Å²) in [5, 5.41) is 3.04. The van der Waals surface area contributed by atoms with E-state index in [9.17, 15) is 4.79 Å². The van der Waals surface area contributed by atoms with Crippen molar-refractivity contribution < 1.29 is 4.79 Å². The molecule has 114 valence electrons. The number of carbonyl (C=O) groups excluding carboxylic acids is 1. The molecule has 1 aromatic rings. The van der Waals surface area contributed by atoms with Gasteiger partial charge in [0.05, 0.1) is 0 Å². The standard InChI is InChI=1S/C16H24N4O/c1-2-10-18-16(17)19-11-5-8-15(21)20-12-9-13-6-3-4-7-14(13)20/h3-4,6-7H,2,5,8-12H2,1H3,(H3,17,18,19). The molecule has 5 nitrogen and oxygen atoms in total. The van der Waals surface area contributed by atoms with Crippen molar-refractivity contribution in [3.05, 3.63) is 29.8 Å². The van der Waals surface area contributed by atoms with Gasteiger partial charge in [-0.25, -0.2) is 0 Å². The molecule has 0 unspecified atom stereocenters. The van der Waals surface area contributed by atoms with Gasteiger partial charge in [-0.05, 0) is 30.9 Å². The van der Waals surface area contributed by atoms with Gasteiger partial charge in [0.2, 0.25) is 5.91 Å². The second-order valence-corrected chi connectivity index (χ2v) is 5.22. The van der Waals surface area contributed by atoms with E-state index in [1.807, 2.05) is 23.1 Å². The minimum atomic E-state index is 0.186. The summed E-state index contributed by atoms with van der Waals surface area (Å²) in [6.45, 7) is 4.28. The minimum absolute atomic E-state index is 0.186. The molecule has 3 N–H and O–H groups in total. The smallest absolute Gasteiger partial charge is 0.227 e. The third kappa shape index (κ3) is 4.21. The molecule has 0 saturated carbocycles. The molecular formula is C16H24N4O. The number of nitrogens with zero attached hydrogens (tertiary/aromatic N) is 2. The molecule has 0 saturated heterocycles. The molecule has 0 bridgehead atoms. The number of benzene rings is 1. The highest BCUT2D eigenvalue weighted by molar-refractivity contribution is 5.95. The van der Waals surface area contributed by atoms with Crippen LogP contribution in [0.15, 0.2) is 29.3 Å². The molecule has 1 amide bonds. The Labute approximate surface area is 126 Å². The van der Waals surface area contributed by atoms with Crippen LogP contribution in [-0.2, 0) is 11.2 Å². The highest BCUT2D eigenvalue weighted by Gasteiger charge is 2.23. The van der Waals surface area contributed by atoms with E-state index in [4.69, 9.17) is 5.73 Å². The summed E-state index contributed by atoms with van der Waals surface area (Å²) in [6.07, 6.45) is 3.23. The molecule has 0 atom stereocenters. The van der Waals surface area contributed by atoms with Crippen molar-refractivity contribution in [2.24, 2.45) is 10.7 Å². The maximum atomic E-state index is 12.3. The van der Waals surface area contributed by atoms with E-state index >= 15 is 0 Å².